The molecule has 1 heterocycles. The first kappa shape index (κ1) is 14.5. The molecule has 1 aromatic heterocycles. The smallest absolute Gasteiger partial charge is 0.176 e. The lowest BCUT2D eigenvalue weighted by molar-refractivity contribution is 0.287. The minimum Gasteiger partial charge on any atom is -0.494 e. The van der Waals surface area contributed by atoms with Gasteiger partial charge in [-0.1, -0.05) is 12.1 Å². The summed E-state index contributed by atoms with van der Waals surface area (Å²) in [6.07, 6.45) is 1.64. The molecule has 0 fully saturated rings. The van der Waals surface area contributed by atoms with Gasteiger partial charge in [0.05, 0.1) is 13.7 Å². The first-order valence-corrected chi connectivity index (χ1v) is 6.77. The third-order valence-electron chi connectivity index (χ3n) is 3.11. The van der Waals surface area contributed by atoms with E-state index in [0.717, 1.165) is 24.4 Å². The molecule has 0 aliphatic rings. The monoisotopic (exact) mass is 275 g/mol. The van der Waals surface area contributed by atoms with Gasteiger partial charge in [-0.3, -0.25) is 0 Å². The molecule has 1 aromatic carbocycles. The maximum absolute atomic E-state index is 5.76. The van der Waals surface area contributed by atoms with E-state index < -0.39 is 0 Å². The molecule has 1 N–H and O–H groups in total. The fraction of sp³-hybridized carbons (Fsp3) is 0.500. The number of ether oxygens (including phenoxy) is 1. The lowest BCUT2D eigenvalue weighted by atomic mass is 10.1. The van der Waals surface area contributed by atoms with Crippen LogP contribution in [0.4, 0.5) is 0 Å². The van der Waals surface area contributed by atoms with Crippen molar-refractivity contribution in [1.29, 1.82) is 0 Å². The molecule has 0 radical (unpaired) electrons. The van der Waals surface area contributed by atoms with Crippen molar-refractivity contribution in [3.63, 3.8) is 0 Å². The largest absolute Gasteiger partial charge is 0.494 e. The highest BCUT2D eigenvalue weighted by molar-refractivity contribution is 5.27. The second-order valence-corrected chi connectivity index (χ2v) is 4.84. The summed E-state index contributed by atoms with van der Waals surface area (Å²) in [7, 11) is 3.71. The van der Waals surface area contributed by atoms with Gasteiger partial charge in [-0.25, -0.2) is 0 Å². The summed E-state index contributed by atoms with van der Waals surface area (Å²) >= 11 is 0. The number of benzene rings is 1. The molecule has 2 rings (SSSR count). The van der Waals surface area contributed by atoms with E-state index in [1.165, 1.54) is 10.4 Å². The molecule has 0 saturated heterocycles. The van der Waals surface area contributed by atoms with Crippen LogP contribution in [0.15, 0.2) is 24.3 Å². The van der Waals surface area contributed by atoms with Crippen molar-refractivity contribution in [3.8, 4) is 5.75 Å². The highest BCUT2D eigenvalue weighted by Crippen LogP contribution is 2.13. The molecule has 20 heavy (non-hydrogen) atoms. The van der Waals surface area contributed by atoms with E-state index in [2.05, 4.69) is 33.7 Å². The van der Waals surface area contributed by atoms with E-state index in [1.807, 2.05) is 25.2 Å². The molecule has 6 nitrogen and oxygen atoms in total. The van der Waals surface area contributed by atoms with E-state index >= 15 is 0 Å². The highest BCUT2D eigenvalue weighted by Gasteiger charge is 2.11. The van der Waals surface area contributed by atoms with Crippen LogP contribution in [0.5, 0.6) is 5.75 Å². The van der Waals surface area contributed by atoms with Crippen LogP contribution in [0.2, 0.25) is 0 Å². The standard InChI is InChI=1S/C14H21N5O/c1-11-5-4-6-13(9-11)20-8-7-12(15-2)10-14-16-18-19(3)17-14/h4-6,9,12,15H,7-8,10H2,1-3H3. The van der Waals surface area contributed by atoms with Gasteiger partial charge < -0.3 is 10.1 Å². The van der Waals surface area contributed by atoms with E-state index in [0.29, 0.717) is 6.61 Å². The molecule has 0 spiro atoms. The van der Waals surface area contributed by atoms with Gasteiger partial charge in [-0.05, 0) is 43.3 Å². The zero-order valence-electron chi connectivity index (χ0n) is 12.2. The minimum atomic E-state index is 0.281. The summed E-state index contributed by atoms with van der Waals surface area (Å²) < 4.78 is 5.76. The Labute approximate surface area is 119 Å². The molecular formula is C14H21N5O. The molecule has 0 saturated carbocycles. The summed E-state index contributed by atoms with van der Waals surface area (Å²) in [5, 5.41) is 15.3. The maximum atomic E-state index is 5.76. The van der Waals surface area contributed by atoms with Crippen molar-refractivity contribution in [2.24, 2.45) is 7.05 Å². The lowest BCUT2D eigenvalue weighted by Gasteiger charge is -2.14. The van der Waals surface area contributed by atoms with Gasteiger partial charge in [-0.2, -0.15) is 4.80 Å². The third-order valence-corrected chi connectivity index (χ3v) is 3.11. The topological polar surface area (TPSA) is 64.9 Å². The Morgan fingerprint density at radius 1 is 1.40 bits per heavy atom. The second kappa shape index (κ2) is 7.00. The van der Waals surface area contributed by atoms with Crippen LogP contribution in [0, 0.1) is 6.92 Å². The van der Waals surface area contributed by atoms with Gasteiger partial charge in [0.2, 0.25) is 0 Å². The predicted octanol–water partition coefficient (Wildman–Crippen LogP) is 1.12. The quantitative estimate of drug-likeness (QED) is 0.820. The van der Waals surface area contributed by atoms with Gasteiger partial charge in [0.25, 0.3) is 0 Å². The molecule has 2 aromatic rings. The van der Waals surface area contributed by atoms with E-state index in [4.69, 9.17) is 4.74 Å². The first-order chi connectivity index (χ1) is 9.67. The zero-order valence-corrected chi connectivity index (χ0v) is 12.2. The van der Waals surface area contributed by atoms with Gasteiger partial charge in [0.15, 0.2) is 5.82 Å². The Hall–Kier alpha value is -1.95. The van der Waals surface area contributed by atoms with Crippen LogP contribution < -0.4 is 10.1 Å². The number of rotatable bonds is 7. The molecule has 0 amide bonds. The van der Waals surface area contributed by atoms with Crippen molar-refractivity contribution >= 4 is 0 Å². The van der Waals surface area contributed by atoms with Crippen molar-refractivity contribution < 1.29 is 4.74 Å². The Bertz CT molecular complexity index is 540. The van der Waals surface area contributed by atoms with Crippen LogP contribution in [0.3, 0.4) is 0 Å². The van der Waals surface area contributed by atoms with Gasteiger partial charge in [-0.15, -0.1) is 10.2 Å². The Kier molecular flexibility index (Phi) is 5.06. The third kappa shape index (κ3) is 4.31. The number of aromatic nitrogens is 4. The molecule has 1 atom stereocenters. The van der Waals surface area contributed by atoms with Gasteiger partial charge in [0, 0.05) is 12.5 Å². The number of hydrogen-bond acceptors (Lipinski definition) is 5. The summed E-state index contributed by atoms with van der Waals surface area (Å²) in [6.45, 7) is 2.72. The van der Waals surface area contributed by atoms with Crippen LogP contribution in [0.25, 0.3) is 0 Å². The van der Waals surface area contributed by atoms with Crippen LogP contribution in [0.1, 0.15) is 17.8 Å². The summed E-state index contributed by atoms with van der Waals surface area (Å²) in [4.78, 5) is 1.48. The lowest BCUT2D eigenvalue weighted by Crippen LogP contribution is -2.30. The number of aryl methyl sites for hydroxylation is 2. The fourth-order valence-electron chi connectivity index (χ4n) is 2.00. The van der Waals surface area contributed by atoms with Crippen molar-refractivity contribution in [2.45, 2.75) is 25.8 Å². The SMILES string of the molecule is CNC(CCOc1cccc(C)c1)Cc1nnn(C)n1. The molecule has 108 valence electrons. The number of likely N-dealkylation sites (N-methyl/N-ethyl adjacent to an activating group) is 1. The molecular weight excluding hydrogens is 254 g/mol. The average Bonchev–Trinajstić information content (AvgIpc) is 2.83. The number of nitrogens with one attached hydrogen (secondary N) is 1. The second-order valence-electron chi connectivity index (χ2n) is 4.84. The average molecular weight is 275 g/mol. The van der Waals surface area contributed by atoms with Crippen LogP contribution >= 0.6 is 0 Å². The van der Waals surface area contributed by atoms with E-state index in [9.17, 15) is 0 Å². The molecule has 0 aliphatic carbocycles. The fourth-order valence-corrected chi connectivity index (χ4v) is 2.00. The van der Waals surface area contributed by atoms with Crippen LogP contribution in [-0.4, -0.2) is 39.9 Å². The Balaban J connectivity index is 1.79. The molecule has 1 unspecified atom stereocenters. The summed E-state index contributed by atoms with van der Waals surface area (Å²) in [5.41, 5.74) is 1.21. The maximum Gasteiger partial charge on any atom is 0.176 e. The van der Waals surface area contributed by atoms with Crippen LogP contribution in [-0.2, 0) is 13.5 Å². The molecule has 0 aliphatic heterocycles. The minimum absolute atomic E-state index is 0.281. The number of hydrogen-bond donors (Lipinski definition) is 1. The van der Waals surface area contributed by atoms with Gasteiger partial charge in [0.1, 0.15) is 5.75 Å². The predicted molar refractivity (Wildman–Crippen MR) is 76.6 cm³/mol. The van der Waals surface area contributed by atoms with E-state index in [-0.39, 0.29) is 6.04 Å². The zero-order chi connectivity index (χ0) is 14.4. The highest BCUT2D eigenvalue weighted by atomic mass is 16.5. The van der Waals surface area contributed by atoms with Gasteiger partial charge >= 0.3 is 0 Å². The summed E-state index contributed by atoms with van der Waals surface area (Å²) in [5.74, 6) is 1.67. The first-order valence-electron chi connectivity index (χ1n) is 6.77. The van der Waals surface area contributed by atoms with Crippen molar-refractivity contribution in [1.82, 2.24) is 25.5 Å². The normalized spacial score (nSPS) is 12.3. The number of tetrazole rings is 1. The number of nitrogens with zero attached hydrogens (tertiary/aromatic N) is 4. The molecule has 0 bridgehead atoms. The Morgan fingerprint density at radius 2 is 2.25 bits per heavy atom. The van der Waals surface area contributed by atoms with E-state index in [1.54, 1.807) is 7.05 Å². The summed E-state index contributed by atoms with van der Waals surface area (Å²) in [6, 6.07) is 8.36. The Morgan fingerprint density at radius 3 is 2.90 bits per heavy atom. The molecule has 6 heteroatoms. The van der Waals surface area contributed by atoms with Crippen molar-refractivity contribution in [2.75, 3.05) is 13.7 Å². The van der Waals surface area contributed by atoms with Crippen molar-refractivity contribution in [3.05, 3.63) is 35.7 Å².